The fourth-order valence-electron chi connectivity index (χ4n) is 3.45. The topological polar surface area (TPSA) is 107 Å². The lowest BCUT2D eigenvalue weighted by Crippen LogP contribution is -2.15. The van der Waals surface area contributed by atoms with E-state index < -0.39 is 18.3 Å². The number of fused-ring (bicyclic) bond motifs is 1. The lowest BCUT2D eigenvalue weighted by molar-refractivity contribution is 0.0471. The van der Waals surface area contributed by atoms with Crippen LogP contribution >= 0.6 is 0 Å². The van der Waals surface area contributed by atoms with Crippen LogP contribution in [0, 0.1) is 13.8 Å². The molecule has 2 heterocycles. The van der Waals surface area contributed by atoms with Gasteiger partial charge in [-0.3, -0.25) is 4.79 Å². The Bertz CT molecular complexity index is 1160. The van der Waals surface area contributed by atoms with Crippen LogP contribution in [0.3, 0.4) is 0 Å². The Morgan fingerprint density at radius 3 is 2.53 bits per heavy atom. The smallest absolute Gasteiger partial charge is 0.342 e. The Labute approximate surface area is 171 Å². The number of ether oxygens (including phenoxy) is 3. The molecule has 0 saturated heterocycles. The normalized spacial score (nSPS) is 12.1. The number of carbonyl (C=O) groups is 2. The monoisotopic (exact) mass is 409 g/mol. The van der Waals surface area contributed by atoms with Crippen LogP contribution in [0.2, 0.25) is 0 Å². The Morgan fingerprint density at radius 2 is 1.77 bits per heavy atom. The van der Waals surface area contributed by atoms with Crippen LogP contribution in [0.15, 0.2) is 42.5 Å². The van der Waals surface area contributed by atoms with Crippen LogP contribution < -0.4 is 9.47 Å². The van der Waals surface area contributed by atoms with Crippen molar-refractivity contribution in [3.8, 4) is 28.7 Å². The van der Waals surface area contributed by atoms with Gasteiger partial charge in [0.05, 0.1) is 0 Å². The fraction of sp³-hybridized carbons (Fsp3) is 0.182. The molecule has 0 atom stereocenters. The highest BCUT2D eigenvalue weighted by molar-refractivity contribution is 6.01. The number of phenols is 2. The zero-order valence-electron chi connectivity index (χ0n) is 16.3. The van der Waals surface area contributed by atoms with Crippen LogP contribution in [0.5, 0.6) is 23.0 Å². The summed E-state index contributed by atoms with van der Waals surface area (Å²) in [6.07, 6.45) is 0. The molecular weight excluding hydrogens is 390 g/mol. The first-order valence-corrected chi connectivity index (χ1v) is 9.16. The molecule has 30 heavy (non-hydrogen) atoms. The first-order chi connectivity index (χ1) is 14.3. The molecule has 0 radical (unpaired) electrons. The van der Waals surface area contributed by atoms with Gasteiger partial charge < -0.3 is 29.0 Å². The first kappa shape index (κ1) is 19.4. The second-order valence-electron chi connectivity index (χ2n) is 6.86. The summed E-state index contributed by atoms with van der Waals surface area (Å²) < 4.78 is 17.7. The third kappa shape index (κ3) is 3.43. The second-order valence-corrected chi connectivity index (χ2v) is 6.86. The number of benzene rings is 2. The molecule has 2 aromatic carbocycles. The predicted molar refractivity (Wildman–Crippen MR) is 106 cm³/mol. The third-order valence-electron chi connectivity index (χ3n) is 4.88. The quantitative estimate of drug-likeness (QED) is 0.492. The molecule has 1 aliphatic rings. The third-order valence-corrected chi connectivity index (χ3v) is 4.88. The van der Waals surface area contributed by atoms with Crippen LogP contribution in [0.1, 0.15) is 32.1 Å². The van der Waals surface area contributed by atoms with Gasteiger partial charge in [0.25, 0.3) is 0 Å². The van der Waals surface area contributed by atoms with Gasteiger partial charge in [0, 0.05) is 34.8 Å². The molecule has 1 aromatic heterocycles. The van der Waals surface area contributed by atoms with Gasteiger partial charge in [-0.25, -0.2) is 4.79 Å². The Balaban J connectivity index is 1.52. The Morgan fingerprint density at radius 1 is 1.00 bits per heavy atom. The maximum atomic E-state index is 12.7. The highest BCUT2D eigenvalue weighted by Crippen LogP contribution is 2.35. The molecule has 8 heteroatoms. The zero-order valence-corrected chi connectivity index (χ0v) is 16.3. The number of aryl methyl sites for hydroxylation is 1. The van der Waals surface area contributed by atoms with Crippen LogP contribution in [-0.2, 0) is 4.74 Å². The summed E-state index contributed by atoms with van der Waals surface area (Å²) in [5.74, 6) is -0.533. The molecule has 0 amide bonds. The van der Waals surface area contributed by atoms with E-state index in [9.17, 15) is 19.8 Å². The number of ketones is 1. The fourth-order valence-corrected chi connectivity index (χ4v) is 3.45. The van der Waals surface area contributed by atoms with Crippen molar-refractivity contribution < 1.29 is 34.0 Å². The molecule has 0 spiro atoms. The number of hydrogen-bond acceptors (Lipinski definition) is 7. The summed E-state index contributed by atoms with van der Waals surface area (Å²) >= 11 is 0. The Kier molecular flexibility index (Phi) is 4.83. The van der Waals surface area contributed by atoms with Crippen molar-refractivity contribution in [3.05, 3.63) is 65.0 Å². The molecule has 0 saturated carbocycles. The number of Topliss-reactive ketones (excluding diaryl/α,β-unsaturated/α-hetero) is 1. The second kappa shape index (κ2) is 7.47. The highest BCUT2D eigenvalue weighted by atomic mass is 16.7. The number of esters is 1. The minimum Gasteiger partial charge on any atom is -0.508 e. The molecule has 0 unspecified atom stereocenters. The van der Waals surface area contributed by atoms with E-state index in [0.29, 0.717) is 22.8 Å². The van der Waals surface area contributed by atoms with E-state index in [1.54, 1.807) is 13.0 Å². The standard InChI is InChI=1S/C22H19NO7/c1-12-7-17(13(2)23(12)14-3-6-20-21(8-14)30-11-29-20)19(26)10-28-22(27)16-5-4-15(24)9-18(16)25/h3-9,24-25H,10-11H2,1-2H3. The van der Waals surface area contributed by atoms with Crippen molar-refractivity contribution >= 4 is 11.8 Å². The van der Waals surface area contributed by atoms with E-state index >= 15 is 0 Å². The Hall–Kier alpha value is -3.94. The summed E-state index contributed by atoms with van der Waals surface area (Å²) in [4.78, 5) is 24.8. The number of rotatable bonds is 5. The van der Waals surface area contributed by atoms with Gasteiger partial charge in [-0.2, -0.15) is 0 Å². The van der Waals surface area contributed by atoms with Crippen molar-refractivity contribution in [1.82, 2.24) is 4.57 Å². The van der Waals surface area contributed by atoms with Gasteiger partial charge in [-0.15, -0.1) is 0 Å². The van der Waals surface area contributed by atoms with Gasteiger partial charge in [0.1, 0.15) is 17.1 Å². The maximum absolute atomic E-state index is 12.7. The average molecular weight is 409 g/mol. The van der Waals surface area contributed by atoms with E-state index in [4.69, 9.17) is 14.2 Å². The van der Waals surface area contributed by atoms with Crippen molar-refractivity contribution in [2.24, 2.45) is 0 Å². The minimum absolute atomic E-state index is 0.133. The largest absolute Gasteiger partial charge is 0.508 e. The summed E-state index contributed by atoms with van der Waals surface area (Å²) in [5, 5.41) is 19.1. The molecule has 154 valence electrons. The van der Waals surface area contributed by atoms with E-state index in [-0.39, 0.29) is 23.9 Å². The number of phenolic OH excluding ortho intramolecular Hbond substituents is 2. The predicted octanol–water partition coefficient (Wildman–Crippen LogP) is 3.27. The van der Waals surface area contributed by atoms with Crippen molar-refractivity contribution in [1.29, 1.82) is 0 Å². The van der Waals surface area contributed by atoms with Crippen LogP contribution in [0.25, 0.3) is 5.69 Å². The number of aromatic hydroxyl groups is 2. The average Bonchev–Trinajstić information content (AvgIpc) is 3.29. The number of aromatic nitrogens is 1. The van der Waals surface area contributed by atoms with Crippen LogP contribution in [0.4, 0.5) is 0 Å². The van der Waals surface area contributed by atoms with Crippen molar-refractivity contribution in [2.45, 2.75) is 13.8 Å². The van der Waals surface area contributed by atoms with Gasteiger partial charge in [0.15, 0.2) is 18.1 Å². The summed E-state index contributed by atoms with van der Waals surface area (Å²) in [6.45, 7) is 3.37. The molecule has 1 aliphatic heterocycles. The number of nitrogens with zero attached hydrogens (tertiary/aromatic N) is 1. The summed E-state index contributed by atoms with van der Waals surface area (Å²) in [5.41, 5.74) is 2.63. The lowest BCUT2D eigenvalue weighted by atomic mass is 10.1. The van der Waals surface area contributed by atoms with E-state index in [0.717, 1.165) is 17.4 Å². The van der Waals surface area contributed by atoms with E-state index in [1.807, 2.05) is 29.7 Å². The van der Waals surface area contributed by atoms with Crippen molar-refractivity contribution in [3.63, 3.8) is 0 Å². The van der Waals surface area contributed by atoms with Gasteiger partial charge in [-0.05, 0) is 44.2 Å². The number of carbonyl (C=O) groups excluding carboxylic acids is 2. The highest BCUT2D eigenvalue weighted by Gasteiger charge is 2.21. The van der Waals surface area contributed by atoms with E-state index in [2.05, 4.69) is 0 Å². The van der Waals surface area contributed by atoms with E-state index in [1.165, 1.54) is 12.1 Å². The van der Waals surface area contributed by atoms with Gasteiger partial charge in [0.2, 0.25) is 12.6 Å². The summed E-state index contributed by atoms with van der Waals surface area (Å²) in [6, 6.07) is 10.7. The molecule has 4 rings (SSSR count). The maximum Gasteiger partial charge on any atom is 0.342 e. The summed E-state index contributed by atoms with van der Waals surface area (Å²) in [7, 11) is 0. The van der Waals surface area contributed by atoms with Gasteiger partial charge >= 0.3 is 5.97 Å². The molecule has 8 nitrogen and oxygen atoms in total. The van der Waals surface area contributed by atoms with Crippen LogP contribution in [-0.4, -0.2) is 39.9 Å². The molecule has 0 fully saturated rings. The molecule has 0 aliphatic carbocycles. The first-order valence-electron chi connectivity index (χ1n) is 9.16. The SMILES string of the molecule is Cc1cc(C(=O)COC(=O)c2ccc(O)cc2O)c(C)n1-c1ccc2c(c1)OCO2. The van der Waals surface area contributed by atoms with Gasteiger partial charge in [-0.1, -0.05) is 0 Å². The minimum atomic E-state index is -0.856. The lowest BCUT2D eigenvalue weighted by Gasteiger charge is -2.11. The molecule has 3 aromatic rings. The van der Waals surface area contributed by atoms with Crippen molar-refractivity contribution in [2.75, 3.05) is 13.4 Å². The molecule has 0 bridgehead atoms. The molecular formula is C22H19NO7. The zero-order chi connectivity index (χ0) is 21.4. The number of hydrogen-bond donors (Lipinski definition) is 2. The molecule has 2 N–H and O–H groups in total.